The number of anilines is 3. The molecule has 0 aliphatic rings. The number of nitrogens with zero attached hydrogens (tertiary/aromatic N) is 1. The predicted octanol–water partition coefficient (Wildman–Crippen LogP) is 17.4. The van der Waals surface area contributed by atoms with E-state index in [9.17, 15) is 0 Å². The van der Waals surface area contributed by atoms with Gasteiger partial charge in [-0.2, -0.15) is 0 Å². The lowest BCUT2D eigenvalue weighted by Crippen LogP contribution is -2.16. The molecule has 0 spiro atoms. The molecule has 0 saturated heterocycles. The molecule has 1 heterocycles. The van der Waals surface area contributed by atoms with E-state index < -0.39 is 0 Å². The Balaban J connectivity index is 1.33. The Morgan fingerprint density at radius 1 is 0.393 bits per heavy atom. The molecule has 9 aromatic rings. The van der Waals surface area contributed by atoms with Gasteiger partial charge in [-0.3, -0.25) is 0 Å². The molecule has 8 aromatic carbocycles. The van der Waals surface area contributed by atoms with Gasteiger partial charge in [0.1, 0.15) is 11.2 Å². The van der Waals surface area contributed by atoms with Gasteiger partial charge in [0.25, 0.3) is 0 Å². The molecule has 0 amide bonds. The summed E-state index contributed by atoms with van der Waals surface area (Å²) in [4.78, 5) is 2.47. The van der Waals surface area contributed by atoms with Crippen molar-refractivity contribution in [1.82, 2.24) is 0 Å². The van der Waals surface area contributed by atoms with Crippen LogP contribution in [0.25, 0.3) is 66.1 Å². The van der Waals surface area contributed by atoms with E-state index in [2.05, 4.69) is 232 Å². The van der Waals surface area contributed by atoms with E-state index in [1.165, 1.54) is 60.8 Å². The van der Waals surface area contributed by atoms with Gasteiger partial charge in [0.05, 0.1) is 11.4 Å². The summed E-state index contributed by atoms with van der Waals surface area (Å²) in [5.41, 5.74) is 17.6. The highest BCUT2D eigenvalue weighted by Gasteiger charge is 2.25. The molecule has 0 fully saturated rings. The first kappa shape index (κ1) is 40.0. The van der Waals surface area contributed by atoms with E-state index in [1.807, 2.05) is 6.07 Å². The molecule has 0 aliphatic heterocycles. The van der Waals surface area contributed by atoms with Crippen LogP contribution in [0.2, 0.25) is 0 Å². The summed E-state index contributed by atoms with van der Waals surface area (Å²) in [6.45, 7) is 22.9. The number of rotatable bonds is 6. The third-order valence-corrected chi connectivity index (χ3v) is 12.4. The van der Waals surface area contributed by atoms with Crippen LogP contribution < -0.4 is 4.90 Å². The highest BCUT2D eigenvalue weighted by Crippen LogP contribution is 2.49. The second-order valence-corrected chi connectivity index (χ2v) is 20.0. The number of aryl methyl sites for hydroxylation is 1. The topological polar surface area (TPSA) is 16.4 Å². The number of hydrogen-bond donors (Lipinski definition) is 0. The van der Waals surface area contributed by atoms with Crippen molar-refractivity contribution in [2.45, 2.75) is 85.5 Å². The van der Waals surface area contributed by atoms with Crippen molar-refractivity contribution in [3.8, 4) is 33.4 Å². The average molecular weight is 796 g/mol. The van der Waals surface area contributed by atoms with E-state index >= 15 is 0 Å². The van der Waals surface area contributed by atoms with Gasteiger partial charge < -0.3 is 9.32 Å². The molecule has 61 heavy (non-hydrogen) atoms. The summed E-state index contributed by atoms with van der Waals surface area (Å²) < 4.78 is 6.38. The molecule has 0 radical (unpaired) electrons. The summed E-state index contributed by atoms with van der Waals surface area (Å²) in [5, 5.41) is 4.68. The Morgan fingerprint density at radius 2 is 0.984 bits per heavy atom. The zero-order valence-corrected chi connectivity index (χ0v) is 37.4. The van der Waals surface area contributed by atoms with E-state index in [4.69, 9.17) is 4.42 Å². The highest BCUT2D eigenvalue weighted by atomic mass is 16.3. The van der Waals surface area contributed by atoms with Gasteiger partial charge in [0.2, 0.25) is 0 Å². The molecule has 0 saturated carbocycles. The van der Waals surface area contributed by atoms with Gasteiger partial charge in [0, 0.05) is 27.6 Å². The average Bonchev–Trinajstić information content (AvgIpc) is 3.61. The van der Waals surface area contributed by atoms with Gasteiger partial charge >= 0.3 is 0 Å². The van der Waals surface area contributed by atoms with E-state index in [0.29, 0.717) is 0 Å². The van der Waals surface area contributed by atoms with E-state index in [0.717, 1.165) is 44.6 Å². The first-order chi connectivity index (χ1) is 29.0. The van der Waals surface area contributed by atoms with E-state index in [1.54, 1.807) is 0 Å². The number of para-hydroxylation sites is 2. The molecule has 0 atom stereocenters. The van der Waals surface area contributed by atoms with Crippen LogP contribution >= 0.6 is 0 Å². The first-order valence-corrected chi connectivity index (χ1v) is 21.8. The number of hydrogen-bond acceptors (Lipinski definition) is 2. The first-order valence-electron chi connectivity index (χ1n) is 21.8. The lowest BCUT2D eigenvalue weighted by molar-refractivity contribution is 0.569. The van der Waals surface area contributed by atoms with Crippen molar-refractivity contribution in [1.29, 1.82) is 0 Å². The van der Waals surface area contributed by atoms with Crippen molar-refractivity contribution < 1.29 is 4.42 Å². The SMILES string of the molecule is Cc1ccc(N(c2ccc3oc4ccccc4c3c2)c2ccccc2-c2cccc3cccc(-c4cc(C(C)(C)C)cc(C(C)(C)C)c4)c23)c(-c2ccc(C(C)(C)C)cc2)c1. The summed E-state index contributed by atoms with van der Waals surface area (Å²) >= 11 is 0. The lowest BCUT2D eigenvalue weighted by Gasteiger charge is -2.31. The number of benzene rings is 8. The maximum absolute atomic E-state index is 6.38. The summed E-state index contributed by atoms with van der Waals surface area (Å²) in [5.74, 6) is 0. The van der Waals surface area contributed by atoms with Crippen LogP contribution in [0.1, 0.15) is 84.6 Å². The van der Waals surface area contributed by atoms with Crippen molar-refractivity contribution in [2.75, 3.05) is 4.90 Å². The largest absolute Gasteiger partial charge is 0.456 e. The molecule has 0 N–H and O–H groups in total. The Kier molecular flexibility index (Phi) is 9.82. The molecule has 0 bridgehead atoms. The quantitative estimate of drug-likeness (QED) is 0.167. The van der Waals surface area contributed by atoms with Gasteiger partial charge in [-0.15, -0.1) is 0 Å². The molecule has 304 valence electrons. The van der Waals surface area contributed by atoms with Crippen LogP contribution in [0, 0.1) is 6.92 Å². The lowest BCUT2D eigenvalue weighted by atomic mass is 9.78. The summed E-state index contributed by atoms with van der Waals surface area (Å²) in [7, 11) is 0. The third kappa shape index (κ3) is 7.54. The smallest absolute Gasteiger partial charge is 0.135 e. The summed E-state index contributed by atoms with van der Waals surface area (Å²) in [6, 6.07) is 60.9. The molecule has 0 aliphatic carbocycles. The normalized spacial score (nSPS) is 12.4. The fourth-order valence-corrected chi connectivity index (χ4v) is 8.84. The number of fused-ring (bicyclic) bond motifs is 4. The fraction of sp³-hybridized carbons (Fsp3) is 0.220. The predicted molar refractivity (Wildman–Crippen MR) is 263 cm³/mol. The second-order valence-electron chi connectivity index (χ2n) is 20.0. The van der Waals surface area contributed by atoms with Crippen molar-refractivity contribution in [2.24, 2.45) is 0 Å². The Hall–Kier alpha value is -6.38. The molecule has 2 nitrogen and oxygen atoms in total. The maximum Gasteiger partial charge on any atom is 0.135 e. The van der Waals surface area contributed by atoms with Gasteiger partial charge in [-0.05, 0) is 115 Å². The van der Waals surface area contributed by atoms with Gasteiger partial charge in [-0.25, -0.2) is 0 Å². The monoisotopic (exact) mass is 795 g/mol. The highest BCUT2D eigenvalue weighted by molar-refractivity contribution is 6.10. The van der Waals surface area contributed by atoms with Crippen LogP contribution in [0.15, 0.2) is 168 Å². The van der Waals surface area contributed by atoms with Gasteiger partial charge in [-0.1, -0.05) is 189 Å². The molecule has 1 aromatic heterocycles. The maximum atomic E-state index is 6.38. The van der Waals surface area contributed by atoms with Crippen LogP contribution in [0.5, 0.6) is 0 Å². The fourth-order valence-electron chi connectivity index (χ4n) is 8.84. The molecule has 2 heteroatoms. The standard InChI is InChI=1S/C59H57NO/c1-38-25-31-53(50(33-38)39-26-28-42(29-27-39)57(2,3)4)60(45-30-32-55-51(37-45)48-20-12-14-24-54(48)61-55)52-23-13-11-19-47(52)49-22-16-18-40-17-15-21-46(56(40)49)41-34-43(58(5,6)7)36-44(35-41)59(8,9)10/h11-37H,1-10H3. The molecular weight excluding hydrogens is 739 g/mol. The Bertz CT molecular complexity index is 3050. The van der Waals surface area contributed by atoms with E-state index in [-0.39, 0.29) is 16.2 Å². The van der Waals surface area contributed by atoms with Crippen LogP contribution in [-0.2, 0) is 16.2 Å². The van der Waals surface area contributed by atoms with Crippen LogP contribution in [0.4, 0.5) is 17.1 Å². The number of furan rings is 1. The minimum Gasteiger partial charge on any atom is -0.456 e. The van der Waals surface area contributed by atoms with Crippen LogP contribution in [0.3, 0.4) is 0 Å². The van der Waals surface area contributed by atoms with Gasteiger partial charge in [0.15, 0.2) is 0 Å². The molecular formula is C59H57NO. The Labute approximate surface area is 362 Å². The molecule has 9 rings (SSSR count). The van der Waals surface area contributed by atoms with Crippen molar-refractivity contribution in [3.05, 3.63) is 186 Å². The van der Waals surface area contributed by atoms with Crippen LogP contribution in [-0.4, -0.2) is 0 Å². The third-order valence-electron chi connectivity index (χ3n) is 12.4. The minimum absolute atomic E-state index is 0.00322. The van der Waals surface area contributed by atoms with Crippen molar-refractivity contribution in [3.63, 3.8) is 0 Å². The second kappa shape index (κ2) is 15.0. The van der Waals surface area contributed by atoms with Crippen molar-refractivity contribution >= 4 is 49.8 Å². The summed E-state index contributed by atoms with van der Waals surface area (Å²) in [6.07, 6.45) is 0. The minimum atomic E-state index is -0.00322. The zero-order chi connectivity index (χ0) is 42.8. The Morgan fingerprint density at radius 3 is 1.67 bits per heavy atom. The zero-order valence-electron chi connectivity index (χ0n) is 37.4. The molecule has 0 unspecified atom stereocenters.